The third-order valence-corrected chi connectivity index (χ3v) is 4.95. The van der Waals surface area contributed by atoms with Crippen LogP contribution in [0.25, 0.3) is 0 Å². The fourth-order valence-corrected chi connectivity index (χ4v) is 3.31. The molecule has 0 aromatic rings. The third kappa shape index (κ3) is 7.43. The monoisotopic (exact) mass is 315 g/mol. The van der Waals surface area contributed by atoms with Crippen molar-refractivity contribution in [2.45, 2.75) is 98.2 Å². The first-order valence-electron chi connectivity index (χ1n) is 9.47. The maximum absolute atomic E-state index is 6.06. The number of unbranched alkanes of at least 4 members (excludes halogenated alkanes) is 5. The lowest BCUT2D eigenvalue weighted by Crippen LogP contribution is -2.49. The second-order valence-electron chi connectivity index (χ2n) is 6.78. The summed E-state index contributed by atoms with van der Waals surface area (Å²) in [4.78, 5) is 0. The van der Waals surface area contributed by atoms with E-state index in [4.69, 9.17) is 15.2 Å². The maximum Gasteiger partial charge on any atom is 0.170 e. The molecule has 0 fully saturated rings. The molecule has 0 aromatic heterocycles. The van der Waals surface area contributed by atoms with Crippen LogP contribution in [-0.2, 0) is 9.47 Å². The standard InChI is InChI=1S/C19H41NO2/c1-6-9-10-11-12-13-15-18(4,16-14-17-20)19(5,21-7-2)22-8-3/h6-17,20H2,1-5H3. The van der Waals surface area contributed by atoms with Gasteiger partial charge in [-0.1, -0.05) is 52.4 Å². The van der Waals surface area contributed by atoms with Crippen molar-refractivity contribution >= 4 is 0 Å². The van der Waals surface area contributed by atoms with Gasteiger partial charge in [0, 0.05) is 18.6 Å². The fraction of sp³-hybridized carbons (Fsp3) is 1.00. The zero-order chi connectivity index (χ0) is 16.9. The molecule has 0 amide bonds. The van der Waals surface area contributed by atoms with Crippen LogP contribution in [0.5, 0.6) is 0 Å². The highest BCUT2D eigenvalue weighted by Crippen LogP contribution is 2.44. The predicted octanol–water partition coefficient (Wildman–Crippen LogP) is 5.27. The van der Waals surface area contributed by atoms with E-state index in [2.05, 4.69) is 20.8 Å². The fourth-order valence-electron chi connectivity index (χ4n) is 3.31. The molecule has 0 rings (SSSR count). The van der Waals surface area contributed by atoms with Crippen molar-refractivity contribution in [2.24, 2.45) is 11.1 Å². The van der Waals surface area contributed by atoms with Gasteiger partial charge >= 0.3 is 0 Å². The molecular formula is C19H41NO2. The molecule has 0 bridgehead atoms. The number of hydrogen-bond acceptors (Lipinski definition) is 3. The SMILES string of the molecule is CCCCCCCCC(C)(CCCN)C(C)(OCC)OCC. The van der Waals surface area contributed by atoms with Gasteiger partial charge in [0.1, 0.15) is 0 Å². The van der Waals surface area contributed by atoms with E-state index in [-0.39, 0.29) is 5.41 Å². The van der Waals surface area contributed by atoms with Crippen LogP contribution in [0.15, 0.2) is 0 Å². The highest BCUT2D eigenvalue weighted by molar-refractivity contribution is 4.88. The predicted molar refractivity (Wildman–Crippen MR) is 96.0 cm³/mol. The lowest BCUT2D eigenvalue weighted by Gasteiger charge is -2.46. The summed E-state index contributed by atoms with van der Waals surface area (Å²) in [5, 5.41) is 0. The number of hydrogen-bond donors (Lipinski definition) is 1. The van der Waals surface area contributed by atoms with Gasteiger partial charge in [0.25, 0.3) is 0 Å². The highest BCUT2D eigenvalue weighted by Gasteiger charge is 2.45. The molecule has 3 nitrogen and oxygen atoms in total. The topological polar surface area (TPSA) is 44.5 Å². The summed E-state index contributed by atoms with van der Waals surface area (Å²) in [6.07, 6.45) is 11.2. The molecular weight excluding hydrogens is 274 g/mol. The second kappa shape index (κ2) is 12.3. The third-order valence-electron chi connectivity index (χ3n) is 4.95. The summed E-state index contributed by atoms with van der Waals surface area (Å²) < 4.78 is 12.1. The van der Waals surface area contributed by atoms with Gasteiger partial charge < -0.3 is 15.2 Å². The van der Waals surface area contributed by atoms with Crippen LogP contribution >= 0.6 is 0 Å². The molecule has 2 N–H and O–H groups in total. The van der Waals surface area contributed by atoms with Crippen molar-refractivity contribution in [1.29, 1.82) is 0 Å². The van der Waals surface area contributed by atoms with Crippen molar-refractivity contribution < 1.29 is 9.47 Å². The van der Waals surface area contributed by atoms with Gasteiger partial charge in [-0.2, -0.15) is 0 Å². The summed E-state index contributed by atoms with van der Waals surface area (Å²) in [7, 11) is 0. The average Bonchev–Trinajstić information content (AvgIpc) is 2.49. The summed E-state index contributed by atoms with van der Waals surface area (Å²) >= 11 is 0. The minimum atomic E-state index is -0.505. The van der Waals surface area contributed by atoms with Gasteiger partial charge in [-0.15, -0.1) is 0 Å². The quantitative estimate of drug-likeness (QED) is 0.331. The van der Waals surface area contributed by atoms with E-state index in [0.717, 1.165) is 25.8 Å². The Labute approximate surface area is 139 Å². The van der Waals surface area contributed by atoms with Crippen LogP contribution in [0, 0.1) is 5.41 Å². The van der Waals surface area contributed by atoms with Crippen LogP contribution in [0.1, 0.15) is 92.4 Å². The van der Waals surface area contributed by atoms with Crippen molar-refractivity contribution in [1.82, 2.24) is 0 Å². The summed E-state index contributed by atoms with van der Waals surface area (Å²) in [5.74, 6) is -0.505. The Balaban J connectivity index is 4.65. The van der Waals surface area contributed by atoms with Crippen LogP contribution in [0.3, 0.4) is 0 Å². The van der Waals surface area contributed by atoms with E-state index >= 15 is 0 Å². The first kappa shape index (κ1) is 21.9. The van der Waals surface area contributed by atoms with Gasteiger partial charge in [0.15, 0.2) is 5.79 Å². The lowest BCUT2D eigenvalue weighted by atomic mass is 9.73. The molecule has 0 aliphatic heterocycles. The molecule has 0 aliphatic carbocycles. The molecule has 1 unspecified atom stereocenters. The average molecular weight is 316 g/mol. The number of rotatable bonds is 15. The van der Waals surface area contributed by atoms with Crippen LogP contribution < -0.4 is 5.73 Å². The molecule has 134 valence electrons. The van der Waals surface area contributed by atoms with Crippen molar-refractivity contribution in [2.75, 3.05) is 19.8 Å². The maximum atomic E-state index is 6.06. The van der Waals surface area contributed by atoms with E-state index in [1.165, 1.54) is 38.5 Å². The van der Waals surface area contributed by atoms with Crippen LogP contribution in [-0.4, -0.2) is 25.5 Å². The van der Waals surface area contributed by atoms with Crippen molar-refractivity contribution in [3.63, 3.8) is 0 Å². The molecule has 0 aromatic carbocycles. The van der Waals surface area contributed by atoms with Crippen LogP contribution in [0.2, 0.25) is 0 Å². The van der Waals surface area contributed by atoms with E-state index in [0.29, 0.717) is 13.2 Å². The van der Waals surface area contributed by atoms with Gasteiger partial charge in [0.05, 0.1) is 0 Å². The van der Waals surface area contributed by atoms with E-state index < -0.39 is 5.79 Å². The Hall–Kier alpha value is -0.120. The highest BCUT2D eigenvalue weighted by atomic mass is 16.7. The molecule has 0 spiro atoms. The zero-order valence-corrected chi connectivity index (χ0v) is 15.9. The van der Waals surface area contributed by atoms with Gasteiger partial charge in [-0.3, -0.25) is 0 Å². The molecule has 0 radical (unpaired) electrons. The first-order chi connectivity index (χ1) is 10.5. The molecule has 3 heteroatoms. The first-order valence-corrected chi connectivity index (χ1v) is 9.47. The molecule has 0 saturated heterocycles. The number of nitrogens with two attached hydrogens (primary N) is 1. The van der Waals surface area contributed by atoms with Crippen molar-refractivity contribution in [3.05, 3.63) is 0 Å². The summed E-state index contributed by atoms with van der Waals surface area (Å²) in [5.41, 5.74) is 5.79. The molecule has 1 atom stereocenters. The van der Waals surface area contributed by atoms with Gasteiger partial charge in [-0.25, -0.2) is 0 Å². The van der Waals surface area contributed by atoms with E-state index in [1.807, 2.05) is 13.8 Å². The van der Waals surface area contributed by atoms with Gasteiger partial charge in [-0.05, 0) is 46.6 Å². The lowest BCUT2D eigenvalue weighted by molar-refractivity contribution is -0.286. The van der Waals surface area contributed by atoms with E-state index in [1.54, 1.807) is 0 Å². The van der Waals surface area contributed by atoms with Crippen molar-refractivity contribution in [3.8, 4) is 0 Å². The Morgan fingerprint density at radius 1 is 0.727 bits per heavy atom. The van der Waals surface area contributed by atoms with Gasteiger partial charge in [0.2, 0.25) is 0 Å². The minimum Gasteiger partial charge on any atom is -0.350 e. The molecule has 22 heavy (non-hydrogen) atoms. The second-order valence-corrected chi connectivity index (χ2v) is 6.78. The molecule has 0 heterocycles. The number of ether oxygens (including phenoxy) is 2. The van der Waals surface area contributed by atoms with Crippen LogP contribution in [0.4, 0.5) is 0 Å². The molecule has 0 saturated carbocycles. The van der Waals surface area contributed by atoms with E-state index in [9.17, 15) is 0 Å². The Morgan fingerprint density at radius 2 is 1.23 bits per heavy atom. The molecule has 0 aliphatic rings. The minimum absolute atomic E-state index is 0.0309. The normalized spacial score (nSPS) is 15.0. The summed E-state index contributed by atoms with van der Waals surface area (Å²) in [6.45, 7) is 12.9. The Kier molecular flexibility index (Phi) is 12.3. The Bertz CT molecular complexity index is 252. The largest absolute Gasteiger partial charge is 0.350 e. The summed E-state index contributed by atoms with van der Waals surface area (Å²) in [6, 6.07) is 0. The smallest absolute Gasteiger partial charge is 0.170 e. The zero-order valence-electron chi connectivity index (χ0n) is 15.9. The Morgan fingerprint density at radius 3 is 1.73 bits per heavy atom.